The maximum Gasteiger partial charge on any atom is 0.404 e. The average Bonchev–Trinajstić information content (AvgIpc) is 3.16. The molecule has 3 aromatic rings. The Morgan fingerprint density at radius 3 is 2.68 bits per heavy atom. The fourth-order valence-corrected chi connectivity index (χ4v) is 4.42. The summed E-state index contributed by atoms with van der Waals surface area (Å²) in [6.45, 7) is 3.85. The van der Waals surface area contributed by atoms with Crippen LogP contribution in [0.2, 0.25) is 0 Å². The van der Waals surface area contributed by atoms with Gasteiger partial charge in [-0.1, -0.05) is 18.2 Å². The van der Waals surface area contributed by atoms with Crippen molar-refractivity contribution in [1.82, 2.24) is 9.88 Å². The molecule has 0 bridgehead atoms. The number of hydrogen-bond acceptors (Lipinski definition) is 5. The number of anilines is 1. The van der Waals surface area contributed by atoms with Gasteiger partial charge < -0.3 is 24.6 Å². The first kappa shape index (κ1) is 21.1. The molecule has 1 aliphatic heterocycles. The van der Waals surface area contributed by atoms with Gasteiger partial charge in [0.25, 0.3) is 0 Å². The molecule has 0 atom stereocenters. The van der Waals surface area contributed by atoms with Gasteiger partial charge in [0.15, 0.2) is 4.80 Å². The lowest BCUT2D eigenvalue weighted by atomic mass is 10.1. The van der Waals surface area contributed by atoms with Crippen molar-refractivity contribution in [2.24, 2.45) is 4.99 Å². The van der Waals surface area contributed by atoms with Crippen LogP contribution >= 0.6 is 11.3 Å². The maximum absolute atomic E-state index is 13.6. The molecule has 2 aromatic carbocycles. The number of nitrogens with zero attached hydrogens (tertiary/aromatic N) is 3. The first-order valence-corrected chi connectivity index (χ1v) is 10.9. The number of nitrogens with one attached hydrogen (secondary N) is 1. The van der Waals surface area contributed by atoms with Crippen LogP contribution in [0.5, 0.6) is 0 Å². The van der Waals surface area contributed by atoms with Crippen LogP contribution in [0.15, 0.2) is 58.9 Å². The molecule has 4 rings (SSSR count). The molecule has 1 amide bonds. The Bertz CT molecular complexity index is 1100. The zero-order valence-electron chi connectivity index (χ0n) is 16.8. The van der Waals surface area contributed by atoms with Crippen LogP contribution in [0.3, 0.4) is 0 Å². The second kappa shape index (κ2) is 9.76. The zero-order chi connectivity index (χ0) is 21.6. The molecule has 0 saturated carbocycles. The summed E-state index contributed by atoms with van der Waals surface area (Å²) >= 11 is 1.43. The molecule has 0 aliphatic carbocycles. The molecule has 1 aromatic heterocycles. The molecule has 1 fully saturated rings. The van der Waals surface area contributed by atoms with E-state index in [0.717, 1.165) is 43.2 Å². The Morgan fingerprint density at radius 1 is 1.19 bits per heavy atom. The molecule has 7 nitrogen and oxygen atoms in total. The van der Waals surface area contributed by atoms with Crippen LogP contribution < -0.4 is 15.0 Å². The number of amides is 1. The Balaban J connectivity index is 1.66. The highest BCUT2D eigenvalue weighted by Crippen LogP contribution is 2.25. The molecular formula is C22H23FN4O3S. The number of thiazole rings is 1. The lowest BCUT2D eigenvalue weighted by molar-refractivity contribution is 0.122. The lowest BCUT2D eigenvalue weighted by Gasteiger charge is -2.28. The van der Waals surface area contributed by atoms with E-state index in [0.29, 0.717) is 17.0 Å². The predicted octanol–water partition coefficient (Wildman–Crippen LogP) is 3.69. The second-order valence-electron chi connectivity index (χ2n) is 7.03. The van der Waals surface area contributed by atoms with Crippen molar-refractivity contribution in [1.29, 1.82) is 0 Å². The Labute approximate surface area is 183 Å². The van der Waals surface area contributed by atoms with Gasteiger partial charge in [0.05, 0.1) is 24.6 Å². The van der Waals surface area contributed by atoms with E-state index in [2.05, 4.69) is 39.5 Å². The highest BCUT2D eigenvalue weighted by atomic mass is 32.1. The minimum Gasteiger partial charge on any atom is -0.465 e. The molecule has 0 radical (unpaired) electrons. The number of benzene rings is 2. The molecule has 2 heterocycles. The van der Waals surface area contributed by atoms with Gasteiger partial charge >= 0.3 is 6.09 Å². The van der Waals surface area contributed by atoms with Gasteiger partial charge in [-0.25, -0.2) is 14.2 Å². The Hall–Kier alpha value is -3.17. The largest absolute Gasteiger partial charge is 0.465 e. The number of carbonyl (C=O) groups is 1. The van der Waals surface area contributed by atoms with Gasteiger partial charge in [0.1, 0.15) is 5.82 Å². The summed E-state index contributed by atoms with van der Waals surface area (Å²) in [7, 11) is 0. The van der Waals surface area contributed by atoms with Gasteiger partial charge in [-0.2, -0.15) is 0 Å². The van der Waals surface area contributed by atoms with Crippen molar-refractivity contribution in [3.63, 3.8) is 0 Å². The van der Waals surface area contributed by atoms with Crippen molar-refractivity contribution >= 4 is 28.8 Å². The summed E-state index contributed by atoms with van der Waals surface area (Å²) in [5, 5.41) is 13.3. The minimum absolute atomic E-state index is 0.237. The standard InChI is InChI=1S/C22H23FN4O3S/c23-17-2-1-3-18(14-17)25-21-27(9-8-24-22(28)29)20(15-31-21)16-4-6-19(7-5-16)26-10-12-30-13-11-26/h1-7,14-15,24H,8-13H2,(H,28,29). The van der Waals surface area contributed by atoms with Crippen molar-refractivity contribution in [3.8, 4) is 11.3 Å². The number of rotatable bonds is 6. The molecule has 9 heteroatoms. The van der Waals surface area contributed by atoms with Crippen molar-refractivity contribution < 1.29 is 19.0 Å². The smallest absolute Gasteiger partial charge is 0.404 e. The van der Waals surface area contributed by atoms with E-state index >= 15 is 0 Å². The SMILES string of the molecule is O=C(O)NCCn1c(-c2ccc(N3CCOCC3)cc2)csc1=Nc1cccc(F)c1. The molecule has 31 heavy (non-hydrogen) atoms. The number of carboxylic acid groups (broad SMARTS) is 1. The van der Waals surface area contributed by atoms with Crippen LogP contribution in [-0.4, -0.2) is 48.6 Å². The third-order valence-electron chi connectivity index (χ3n) is 4.98. The van der Waals surface area contributed by atoms with Crippen molar-refractivity contribution in [3.05, 3.63) is 64.5 Å². The molecule has 162 valence electrons. The van der Waals surface area contributed by atoms with Crippen LogP contribution in [-0.2, 0) is 11.3 Å². The Kier molecular flexibility index (Phi) is 6.63. The van der Waals surface area contributed by atoms with E-state index in [4.69, 9.17) is 9.84 Å². The first-order valence-electron chi connectivity index (χ1n) is 9.99. The third-order valence-corrected chi connectivity index (χ3v) is 5.85. The van der Waals surface area contributed by atoms with E-state index in [1.165, 1.54) is 23.5 Å². The predicted molar refractivity (Wildman–Crippen MR) is 118 cm³/mol. The average molecular weight is 443 g/mol. The summed E-state index contributed by atoms with van der Waals surface area (Å²) in [5.74, 6) is -0.351. The number of ether oxygens (including phenoxy) is 1. The number of morpholine rings is 1. The van der Waals surface area contributed by atoms with Gasteiger partial charge in [-0.05, 0) is 35.9 Å². The van der Waals surface area contributed by atoms with E-state index < -0.39 is 6.09 Å². The third kappa shape index (κ3) is 5.31. The van der Waals surface area contributed by atoms with E-state index in [-0.39, 0.29) is 12.4 Å². The maximum atomic E-state index is 13.6. The lowest BCUT2D eigenvalue weighted by Crippen LogP contribution is -2.36. The number of aromatic nitrogens is 1. The van der Waals surface area contributed by atoms with Crippen LogP contribution in [0, 0.1) is 5.82 Å². The minimum atomic E-state index is -1.07. The molecule has 1 saturated heterocycles. The normalized spacial score (nSPS) is 14.6. The van der Waals surface area contributed by atoms with Crippen molar-refractivity contribution in [2.45, 2.75) is 6.54 Å². The molecule has 2 N–H and O–H groups in total. The number of hydrogen-bond donors (Lipinski definition) is 2. The summed E-state index contributed by atoms with van der Waals surface area (Å²) in [5.41, 5.74) is 3.59. The van der Waals surface area contributed by atoms with Gasteiger partial charge in [-0.3, -0.25) is 0 Å². The molecular weight excluding hydrogens is 419 g/mol. The first-order chi connectivity index (χ1) is 15.1. The highest BCUT2D eigenvalue weighted by molar-refractivity contribution is 7.07. The fourth-order valence-electron chi connectivity index (χ4n) is 3.46. The van der Waals surface area contributed by atoms with E-state index in [9.17, 15) is 9.18 Å². The molecule has 0 spiro atoms. The quantitative estimate of drug-likeness (QED) is 0.610. The van der Waals surface area contributed by atoms with Crippen LogP contribution in [0.25, 0.3) is 11.3 Å². The topological polar surface area (TPSA) is 79.1 Å². The molecule has 0 unspecified atom stereocenters. The summed E-state index contributed by atoms with van der Waals surface area (Å²) in [6.07, 6.45) is -1.07. The summed E-state index contributed by atoms with van der Waals surface area (Å²) in [4.78, 5) is 18.4. The van der Waals surface area contributed by atoms with Crippen molar-refractivity contribution in [2.75, 3.05) is 37.7 Å². The van der Waals surface area contributed by atoms with Crippen LogP contribution in [0.1, 0.15) is 0 Å². The number of halogens is 1. The second-order valence-corrected chi connectivity index (χ2v) is 7.86. The fraction of sp³-hybridized carbons (Fsp3) is 0.273. The Morgan fingerprint density at radius 2 is 1.97 bits per heavy atom. The van der Waals surface area contributed by atoms with Gasteiger partial charge in [0, 0.05) is 37.2 Å². The van der Waals surface area contributed by atoms with Gasteiger partial charge in [0.2, 0.25) is 0 Å². The zero-order valence-corrected chi connectivity index (χ0v) is 17.6. The van der Waals surface area contributed by atoms with Gasteiger partial charge in [-0.15, -0.1) is 11.3 Å². The van der Waals surface area contributed by atoms with E-state index in [1.54, 1.807) is 12.1 Å². The van der Waals surface area contributed by atoms with E-state index in [1.807, 2.05) is 9.95 Å². The molecule has 1 aliphatic rings. The summed E-state index contributed by atoms with van der Waals surface area (Å²) < 4.78 is 20.9. The van der Waals surface area contributed by atoms with Crippen LogP contribution in [0.4, 0.5) is 20.6 Å². The summed E-state index contributed by atoms with van der Waals surface area (Å²) in [6, 6.07) is 14.4. The monoisotopic (exact) mass is 442 g/mol. The highest BCUT2D eigenvalue weighted by Gasteiger charge is 2.13.